The SMILES string of the molecule is CCCCCC([C]=O)=C=O. The van der Waals surface area contributed by atoms with Crippen molar-refractivity contribution < 1.29 is 9.59 Å². The third-order valence-corrected chi connectivity index (χ3v) is 1.28. The molecule has 0 rings (SSSR count). The first-order valence-electron chi connectivity index (χ1n) is 3.47. The van der Waals surface area contributed by atoms with Gasteiger partial charge in [0.2, 0.25) is 6.29 Å². The molecule has 0 saturated heterocycles. The number of carbonyl (C=O) groups excluding carboxylic acids is 2. The van der Waals surface area contributed by atoms with Crippen molar-refractivity contribution in [2.24, 2.45) is 0 Å². The van der Waals surface area contributed by atoms with Crippen LogP contribution >= 0.6 is 0 Å². The van der Waals surface area contributed by atoms with E-state index in [1.165, 1.54) is 0 Å². The van der Waals surface area contributed by atoms with Crippen LogP contribution in [0.5, 0.6) is 0 Å². The Bertz CT molecular complexity index is 143. The van der Waals surface area contributed by atoms with Crippen LogP contribution in [0.1, 0.15) is 32.6 Å². The van der Waals surface area contributed by atoms with E-state index < -0.39 is 0 Å². The van der Waals surface area contributed by atoms with E-state index >= 15 is 0 Å². The van der Waals surface area contributed by atoms with Crippen LogP contribution < -0.4 is 0 Å². The summed E-state index contributed by atoms with van der Waals surface area (Å²) in [6.45, 7) is 2.06. The van der Waals surface area contributed by atoms with E-state index in [9.17, 15) is 9.59 Å². The minimum absolute atomic E-state index is 0.133. The minimum Gasteiger partial charge on any atom is -0.284 e. The van der Waals surface area contributed by atoms with Crippen molar-refractivity contribution in [3.05, 3.63) is 5.57 Å². The molecule has 0 aliphatic carbocycles. The Hall–Kier alpha value is -0.880. The first kappa shape index (κ1) is 9.12. The third-order valence-electron chi connectivity index (χ3n) is 1.28. The molecule has 0 aromatic rings. The van der Waals surface area contributed by atoms with Gasteiger partial charge in [0.1, 0.15) is 5.94 Å². The Morgan fingerprint density at radius 2 is 2.00 bits per heavy atom. The molecule has 0 aliphatic heterocycles. The fourth-order valence-electron chi connectivity index (χ4n) is 0.675. The lowest BCUT2D eigenvalue weighted by Gasteiger charge is -1.91. The smallest absolute Gasteiger partial charge is 0.240 e. The molecule has 0 aromatic carbocycles. The van der Waals surface area contributed by atoms with Crippen molar-refractivity contribution in [1.29, 1.82) is 0 Å². The second-order valence-electron chi connectivity index (χ2n) is 2.14. The lowest BCUT2D eigenvalue weighted by molar-refractivity contribution is 0.553. The van der Waals surface area contributed by atoms with Crippen LogP contribution in [-0.2, 0) is 9.59 Å². The minimum atomic E-state index is 0.133. The molecule has 1 radical (unpaired) electrons. The van der Waals surface area contributed by atoms with Gasteiger partial charge in [-0.1, -0.05) is 19.8 Å². The van der Waals surface area contributed by atoms with Gasteiger partial charge in [0.05, 0.1) is 5.57 Å². The summed E-state index contributed by atoms with van der Waals surface area (Å²) in [6.07, 6.45) is 5.10. The van der Waals surface area contributed by atoms with Crippen LogP contribution in [0.15, 0.2) is 5.57 Å². The van der Waals surface area contributed by atoms with Gasteiger partial charge in [-0.15, -0.1) is 0 Å². The first-order valence-corrected chi connectivity index (χ1v) is 3.47. The van der Waals surface area contributed by atoms with Crippen LogP contribution in [0.4, 0.5) is 0 Å². The van der Waals surface area contributed by atoms with Crippen LogP contribution in [-0.4, -0.2) is 12.2 Å². The topological polar surface area (TPSA) is 34.1 Å². The predicted octanol–water partition coefficient (Wildman–Crippen LogP) is 1.43. The zero-order valence-electron chi connectivity index (χ0n) is 6.14. The van der Waals surface area contributed by atoms with Gasteiger partial charge in [0.15, 0.2) is 0 Å². The van der Waals surface area contributed by atoms with Gasteiger partial charge in [-0.3, -0.25) is 4.79 Å². The molecular formula is C8H11O2. The van der Waals surface area contributed by atoms with Crippen molar-refractivity contribution in [3.8, 4) is 0 Å². The maximum Gasteiger partial charge on any atom is 0.240 e. The molecule has 0 atom stereocenters. The molecule has 0 fully saturated rings. The monoisotopic (exact) mass is 139 g/mol. The van der Waals surface area contributed by atoms with Gasteiger partial charge in [-0.05, 0) is 12.8 Å². The molecule has 10 heavy (non-hydrogen) atoms. The average molecular weight is 139 g/mol. The summed E-state index contributed by atoms with van der Waals surface area (Å²) in [5.41, 5.74) is 0.133. The molecule has 0 spiro atoms. The van der Waals surface area contributed by atoms with E-state index in [1.54, 1.807) is 12.2 Å². The molecule has 2 heteroatoms. The Morgan fingerprint density at radius 1 is 1.30 bits per heavy atom. The second kappa shape index (κ2) is 6.24. The summed E-state index contributed by atoms with van der Waals surface area (Å²) in [7, 11) is 0. The average Bonchev–Trinajstić information content (AvgIpc) is 1.99. The lowest BCUT2D eigenvalue weighted by atomic mass is 10.1. The summed E-state index contributed by atoms with van der Waals surface area (Å²) in [5, 5.41) is 0. The van der Waals surface area contributed by atoms with E-state index in [-0.39, 0.29) is 5.57 Å². The Balaban J connectivity index is 3.46. The van der Waals surface area contributed by atoms with E-state index in [0.717, 1.165) is 19.3 Å². The Labute approximate surface area is 60.9 Å². The molecule has 0 unspecified atom stereocenters. The Kier molecular flexibility index (Phi) is 5.69. The van der Waals surface area contributed by atoms with Crippen molar-refractivity contribution in [3.63, 3.8) is 0 Å². The van der Waals surface area contributed by atoms with Crippen LogP contribution in [0.2, 0.25) is 0 Å². The molecular weight excluding hydrogens is 128 g/mol. The largest absolute Gasteiger partial charge is 0.284 e. The number of hydrogen-bond donors (Lipinski definition) is 0. The fourth-order valence-corrected chi connectivity index (χ4v) is 0.675. The summed E-state index contributed by atoms with van der Waals surface area (Å²) >= 11 is 0. The lowest BCUT2D eigenvalue weighted by Crippen LogP contribution is -1.85. The normalized spacial score (nSPS) is 8.50. The zero-order valence-corrected chi connectivity index (χ0v) is 6.14. The molecule has 55 valence electrons. The Morgan fingerprint density at radius 3 is 2.40 bits per heavy atom. The molecule has 0 saturated carbocycles. The molecule has 0 aromatic heterocycles. The zero-order chi connectivity index (χ0) is 7.82. The number of hydrogen-bond acceptors (Lipinski definition) is 2. The maximum absolute atomic E-state index is 9.91. The quantitative estimate of drug-likeness (QED) is 0.328. The summed E-state index contributed by atoms with van der Waals surface area (Å²) in [4.78, 5) is 19.8. The van der Waals surface area contributed by atoms with E-state index in [1.807, 2.05) is 0 Å². The summed E-state index contributed by atoms with van der Waals surface area (Å²) in [6, 6.07) is 0. The molecule has 0 amide bonds. The van der Waals surface area contributed by atoms with Gasteiger partial charge >= 0.3 is 0 Å². The molecule has 0 heterocycles. The molecule has 0 aliphatic rings. The highest BCUT2D eigenvalue weighted by Gasteiger charge is 1.95. The predicted molar refractivity (Wildman–Crippen MR) is 39.0 cm³/mol. The molecule has 2 nitrogen and oxygen atoms in total. The first-order chi connectivity index (χ1) is 4.85. The van der Waals surface area contributed by atoms with Crippen molar-refractivity contribution >= 4 is 12.2 Å². The number of allylic oxidation sites excluding steroid dienone is 1. The van der Waals surface area contributed by atoms with Gasteiger partial charge in [0, 0.05) is 0 Å². The summed E-state index contributed by atoms with van der Waals surface area (Å²) in [5.74, 6) is 1.55. The van der Waals surface area contributed by atoms with Gasteiger partial charge in [-0.25, -0.2) is 4.79 Å². The number of unbranched alkanes of at least 4 members (excludes halogenated alkanes) is 2. The van der Waals surface area contributed by atoms with Crippen LogP contribution in [0.3, 0.4) is 0 Å². The maximum atomic E-state index is 9.91. The summed E-state index contributed by atoms with van der Waals surface area (Å²) < 4.78 is 0. The highest BCUT2D eigenvalue weighted by Crippen LogP contribution is 2.03. The highest BCUT2D eigenvalue weighted by atomic mass is 16.1. The molecule has 0 bridgehead atoms. The van der Waals surface area contributed by atoms with Crippen LogP contribution in [0.25, 0.3) is 0 Å². The van der Waals surface area contributed by atoms with E-state index in [4.69, 9.17) is 0 Å². The van der Waals surface area contributed by atoms with Gasteiger partial charge in [0.25, 0.3) is 0 Å². The fraction of sp³-hybridized carbons (Fsp3) is 0.625. The second-order valence-corrected chi connectivity index (χ2v) is 2.14. The third kappa shape index (κ3) is 4.04. The van der Waals surface area contributed by atoms with Crippen LogP contribution in [0, 0.1) is 0 Å². The van der Waals surface area contributed by atoms with Crippen molar-refractivity contribution in [2.45, 2.75) is 32.6 Å². The number of rotatable bonds is 5. The standard InChI is InChI=1S/C8H11O2/c1-2-3-4-5-8(6-9)7-10/h2-5H2,1H3. The van der Waals surface area contributed by atoms with Gasteiger partial charge in [-0.2, -0.15) is 0 Å². The highest BCUT2D eigenvalue weighted by molar-refractivity contribution is 5.85. The van der Waals surface area contributed by atoms with Crippen molar-refractivity contribution in [2.75, 3.05) is 0 Å². The van der Waals surface area contributed by atoms with E-state index in [0.29, 0.717) is 6.42 Å². The van der Waals surface area contributed by atoms with Gasteiger partial charge < -0.3 is 0 Å². The molecule has 0 N–H and O–H groups in total. The van der Waals surface area contributed by atoms with Crippen molar-refractivity contribution in [1.82, 2.24) is 0 Å². The van der Waals surface area contributed by atoms with E-state index in [2.05, 4.69) is 6.92 Å².